The highest BCUT2D eigenvalue weighted by Crippen LogP contribution is 2.36. The van der Waals surface area contributed by atoms with Crippen molar-refractivity contribution in [2.24, 2.45) is 0 Å². The van der Waals surface area contributed by atoms with Crippen LogP contribution >= 0.6 is 0 Å². The summed E-state index contributed by atoms with van der Waals surface area (Å²) in [6, 6.07) is 7.19. The van der Waals surface area contributed by atoms with E-state index in [0.717, 1.165) is 17.7 Å². The fourth-order valence-electron chi connectivity index (χ4n) is 2.95. The number of aryl methyl sites for hydroxylation is 2. The molecule has 144 valence electrons. The first-order valence-electron chi connectivity index (χ1n) is 8.22. The second kappa shape index (κ2) is 7.00. The number of hydrogen-bond donors (Lipinski definition) is 0. The van der Waals surface area contributed by atoms with Gasteiger partial charge in [-0.05, 0) is 43.7 Å². The molecular weight excluding hydrogens is 373 g/mol. The van der Waals surface area contributed by atoms with E-state index in [0.29, 0.717) is 28.5 Å². The van der Waals surface area contributed by atoms with Gasteiger partial charge in [-0.25, -0.2) is 0 Å². The molecule has 0 aliphatic carbocycles. The molecule has 0 radical (unpaired) electrons. The molecule has 0 N–H and O–H groups in total. The second-order valence-corrected chi connectivity index (χ2v) is 6.30. The molecule has 3 rings (SSSR count). The lowest BCUT2D eigenvalue weighted by molar-refractivity contribution is -0.137. The van der Waals surface area contributed by atoms with E-state index in [1.54, 1.807) is 19.1 Å². The number of carbonyl (C=O) groups is 1. The van der Waals surface area contributed by atoms with Crippen molar-refractivity contribution >= 4 is 16.8 Å². The molecule has 1 atom stereocenters. The number of hydrogen-bond acceptors (Lipinski definition) is 5. The van der Waals surface area contributed by atoms with Crippen LogP contribution in [0.1, 0.15) is 38.9 Å². The number of benzene rings is 1. The minimum absolute atomic E-state index is 0.0489. The Hall–Kier alpha value is -3.34. The Morgan fingerprint density at radius 2 is 2.00 bits per heavy atom. The maximum absolute atomic E-state index is 12.9. The highest BCUT2D eigenvalue weighted by molar-refractivity contribution is 6.05. The first kappa shape index (κ1) is 19.4. The van der Waals surface area contributed by atoms with Crippen LogP contribution in [0.4, 0.5) is 13.2 Å². The monoisotopic (exact) mass is 388 g/mol. The molecule has 2 heterocycles. The number of alkyl halides is 3. The van der Waals surface area contributed by atoms with Gasteiger partial charge in [0.15, 0.2) is 23.0 Å². The zero-order valence-electron chi connectivity index (χ0n) is 15.2. The molecule has 0 saturated carbocycles. The predicted molar refractivity (Wildman–Crippen MR) is 94.2 cm³/mol. The van der Waals surface area contributed by atoms with Crippen molar-refractivity contribution in [1.29, 1.82) is 5.26 Å². The summed E-state index contributed by atoms with van der Waals surface area (Å²) in [6.45, 7) is 3.53. The van der Waals surface area contributed by atoms with Crippen LogP contribution in [0.3, 0.4) is 0 Å². The standard InChI is InChI=1S/C20H15F3N2O3/c1-10-6-13-11(2)18(28-19(13)16(7-10)27-3)17(26)14(8-24)15-5-4-12(9-25-15)20(21,22)23/h4-7,9,14H,1-3H3/t14-/m1/s1. The van der Waals surface area contributed by atoms with Gasteiger partial charge >= 0.3 is 6.18 Å². The first-order valence-corrected chi connectivity index (χ1v) is 8.22. The molecule has 0 amide bonds. The van der Waals surface area contributed by atoms with Crippen LogP contribution in [0.5, 0.6) is 5.75 Å². The topological polar surface area (TPSA) is 76.1 Å². The number of pyridine rings is 1. The quantitative estimate of drug-likeness (QED) is 0.591. The Morgan fingerprint density at radius 1 is 1.29 bits per heavy atom. The molecule has 0 fully saturated rings. The van der Waals surface area contributed by atoms with E-state index >= 15 is 0 Å². The van der Waals surface area contributed by atoms with Gasteiger partial charge in [-0.1, -0.05) is 0 Å². The van der Waals surface area contributed by atoms with Crippen LogP contribution in [0.15, 0.2) is 34.9 Å². The molecule has 0 spiro atoms. The molecule has 3 aromatic rings. The summed E-state index contributed by atoms with van der Waals surface area (Å²) >= 11 is 0. The Labute approximate surface area is 158 Å². The van der Waals surface area contributed by atoms with E-state index in [-0.39, 0.29) is 11.5 Å². The number of furan rings is 1. The van der Waals surface area contributed by atoms with Crippen molar-refractivity contribution in [3.63, 3.8) is 0 Å². The van der Waals surface area contributed by atoms with Crippen molar-refractivity contribution in [3.05, 3.63) is 58.6 Å². The largest absolute Gasteiger partial charge is 0.493 e. The van der Waals surface area contributed by atoms with Crippen LogP contribution in [0.25, 0.3) is 11.0 Å². The molecule has 0 saturated heterocycles. The molecule has 0 bridgehead atoms. The summed E-state index contributed by atoms with van der Waals surface area (Å²) in [6.07, 6.45) is -3.95. The molecule has 0 unspecified atom stereocenters. The lowest BCUT2D eigenvalue weighted by Gasteiger charge is -2.09. The normalized spacial score (nSPS) is 12.6. The number of carbonyl (C=O) groups excluding carboxylic acids is 1. The highest BCUT2D eigenvalue weighted by atomic mass is 19.4. The average Bonchev–Trinajstić information content (AvgIpc) is 2.98. The number of methoxy groups -OCH3 is 1. The first-order chi connectivity index (χ1) is 13.2. The zero-order valence-corrected chi connectivity index (χ0v) is 15.2. The van der Waals surface area contributed by atoms with Crippen LogP contribution in [-0.2, 0) is 6.18 Å². The van der Waals surface area contributed by atoms with Crippen molar-refractivity contribution in [2.75, 3.05) is 7.11 Å². The summed E-state index contributed by atoms with van der Waals surface area (Å²) in [7, 11) is 1.47. The van der Waals surface area contributed by atoms with Gasteiger partial charge in [0, 0.05) is 17.1 Å². The molecule has 8 heteroatoms. The van der Waals surface area contributed by atoms with Crippen molar-refractivity contribution < 1.29 is 27.1 Å². The van der Waals surface area contributed by atoms with Gasteiger partial charge in [-0.15, -0.1) is 0 Å². The molecule has 0 aliphatic rings. The lowest BCUT2D eigenvalue weighted by atomic mass is 9.96. The van der Waals surface area contributed by atoms with E-state index in [2.05, 4.69) is 4.98 Å². The van der Waals surface area contributed by atoms with Gasteiger partial charge in [0.25, 0.3) is 0 Å². The maximum Gasteiger partial charge on any atom is 0.417 e. The van der Waals surface area contributed by atoms with E-state index in [1.807, 2.05) is 13.0 Å². The summed E-state index contributed by atoms with van der Waals surface area (Å²) < 4.78 is 49.1. The SMILES string of the molecule is COc1cc(C)cc2c(C)c(C(=O)[C@H](C#N)c3ccc(C(F)(F)F)cn3)oc12. The smallest absolute Gasteiger partial charge is 0.417 e. The molecule has 5 nitrogen and oxygen atoms in total. The van der Waals surface area contributed by atoms with E-state index in [4.69, 9.17) is 9.15 Å². The van der Waals surface area contributed by atoms with Crippen molar-refractivity contribution in [1.82, 2.24) is 4.98 Å². The number of nitrogens with zero attached hydrogens (tertiary/aromatic N) is 2. The van der Waals surface area contributed by atoms with Gasteiger partial charge in [0.2, 0.25) is 5.78 Å². The van der Waals surface area contributed by atoms with Crippen LogP contribution in [0.2, 0.25) is 0 Å². The number of ether oxygens (including phenoxy) is 1. The molecular formula is C20H15F3N2O3. The minimum atomic E-state index is -4.55. The fraction of sp³-hybridized carbons (Fsp3) is 0.250. The number of Topliss-reactive ketones (excluding diaryl/α,β-unsaturated/α-hetero) is 1. The average molecular weight is 388 g/mol. The number of ketones is 1. The summed E-state index contributed by atoms with van der Waals surface area (Å²) in [5, 5.41) is 10.1. The van der Waals surface area contributed by atoms with Crippen LogP contribution in [-0.4, -0.2) is 17.9 Å². The third-order valence-corrected chi connectivity index (χ3v) is 4.39. The van der Waals surface area contributed by atoms with Gasteiger partial charge in [-0.3, -0.25) is 9.78 Å². The van der Waals surface area contributed by atoms with Gasteiger partial charge in [0.05, 0.1) is 24.4 Å². The molecule has 1 aromatic carbocycles. The second-order valence-electron chi connectivity index (χ2n) is 6.30. The Morgan fingerprint density at radius 3 is 2.54 bits per heavy atom. The summed E-state index contributed by atoms with van der Waals surface area (Å²) in [4.78, 5) is 16.6. The van der Waals surface area contributed by atoms with Crippen LogP contribution in [0, 0.1) is 25.2 Å². The Kier molecular flexibility index (Phi) is 4.86. The van der Waals surface area contributed by atoms with Crippen molar-refractivity contribution in [2.45, 2.75) is 25.9 Å². The van der Waals surface area contributed by atoms with Crippen LogP contribution < -0.4 is 4.74 Å². The van der Waals surface area contributed by atoms with E-state index in [1.165, 1.54) is 7.11 Å². The predicted octanol–water partition coefficient (Wildman–Crippen LogP) is 4.96. The van der Waals surface area contributed by atoms with E-state index in [9.17, 15) is 23.2 Å². The third kappa shape index (κ3) is 3.31. The lowest BCUT2D eigenvalue weighted by Crippen LogP contribution is -2.14. The van der Waals surface area contributed by atoms with Crippen molar-refractivity contribution in [3.8, 4) is 11.8 Å². The maximum atomic E-state index is 12.9. The summed E-state index contributed by atoms with van der Waals surface area (Å²) in [5.41, 5.74) is 0.748. The number of nitriles is 1. The Bertz CT molecular complexity index is 1090. The number of fused-ring (bicyclic) bond motifs is 1. The Balaban J connectivity index is 2.05. The fourth-order valence-corrected chi connectivity index (χ4v) is 2.95. The molecule has 0 aliphatic heterocycles. The highest BCUT2D eigenvalue weighted by Gasteiger charge is 2.33. The zero-order chi connectivity index (χ0) is 20.6. The van der Waals surface area contributed by atoms with Gasteiger partial charge in [0.1, 0.15) is 0 Å². The van der Waals surface area contributed by atoms with Gasteiger partial charge < -0.3 is 9.15 Å². The third-order valence-electron chi connectivity index (χ3n) is 4.39. The number of aromatic nitrogens is 1. The number of halogens is 3. The molecule has 28 heavy (non-hydrogen) atoms. The number of rotatable bonds is 4. The van der Waals surface area contributed by atoms with E-state index < -0.39 is 23.4 Å². The van der Waals surface area contributed by atoms with Gasteiger partial charge in [-0.2, -0.15) is 18.4 Å². The minimum Gasteiger partial charge on any atom is -0.493 e. The summed E-state index contributed by atoms with van der Waals surface area (Å²) in [5.74, 6) is -1.68. The molecule has 2 aromatic heterocycles.